The summed E-state index contributed by atoms with van der Waals surface area (Å²) < 4.78 is 0. The summed E-state index contributed by atoms with van der Waals surface area (Å²) in [6.07, 6.45) is 0. The fourth-order valence-corrected chi connectivity index (χ4v) is 2.81. The molecule has 1 aliphatic rings. The van der Waals surface area contributed by atoms with Crippen LogP contribution in [0.15, 0.2) is 24.3 Å². The van der Waals surface area contributed by atoms with Crippen molar-refractivity contribution in [1.29, 1.82) is 21.0 Å². The molecule has 0 aromatic heterocycles. The second-order valence-electron chi connectivity index (χ2n) is 6.37. The second kappa shape index (κ2) is 4.34. The van der Waals surface area contributed by atoms with Crippen molar-refractivity contribution in [2.75, 3.05) is 0 Å². The van der Waals surface area contributed by atoms with Crippen LogP contribution in [0.1, 0.15) is 37.8 Å². The highest BCUT2D eigenvalue weighted by molar-refractivity contribution is 5.59. The molecule has 0 radical (unpaired) electrons. The molecule has 0 heterocycles. The van der Waals surface area contributed by atoms with Crippen molar-refractivity contribution in [2.45, 2.75) is 32.1 Å². The maximum absolute atomic E-state index is 9.30. The highest BCUT2D eigenvalue weighted by Crippen LogP contribution is 2.73. The summed E-state index contributed by atoms with van der Waals surface area (Å²) in [6.45, 7) is 6.26. The summed E-state index contributed by atoms with van der Waals surface area (Å²) >= 11 is 0. The quantitative estimate of drug-likeness (QED) is 0.785. The molecule has 0 unspecified atom stereocenters. The van der Waals surface area contributed by atoms with Gasteiger partial charge in [-0.2, -0.15) is 21.0 Å². The molecular weight excluding hydrogens is 260 g/mol. The van der Waals surface area contributed by atoms with Crippen LogP contribution in [0.2, 0.25) is 0 Å². The highest BCUT2D eigenvalue weighted by atomic mass is 14.8. The summed E-state index contributed by atoms with van der Waals surface area (Å²) in [6, 6.07) is 15.0. The lowest BCUT2D eigenvalue weighted by atomic mass is 9.86. The van der Waals surface area contributed by atoms with Gasteiger partial charge < -0.3 is 0 Å². The standard InChI is InChI=1S/C17H14N4/c1-15(2,3)13-6-4-12(5-7-13)14-16(8-18,9-19)17(14,10-20)11-21/h4-7,14H,1-3H3. The Kier molecular flexibility index (Phi) is 3.02. The van der Waals surface area contributed by atoms with Crippen LogP contribution in [0, 0.1) is 56.2 Å². The van der Waals surface area contributed by atoms with Gasteiger partial charge in [0.15, 0.2) is 10.8 Å². The molecule has 0 atom stereocenters. The molecule has 1 aromatic rings. The number of rotatable bonds is 1. The van der Waals surface area contributed by atoms with Gasteiger partial charge in [0.2, 0.25) is 0 Å². The van der Waals surface area contributed by atoms with Crippen LogP contribution in [0.5, 0.6) is 0 Å². The molecule has 4 nitrogen and oxygen atoms in total. The van der Waals surface area contributed by atoms with Gasteiger partial charge in [0.05, 0.1) is 30.2 Å². The van der Waals surface area contributed by atoms with E-state index in [2.05, 4.69) is 20.8 Å². The minimum atomic E-state index is -1.57. The molecule has 2 rings (SSSR count). The molecule has 0 aliphatic heterocycles. The van der Waals surface area contributed by atoms with Crippen molar-refractivity contribution in [1.82, 2.24) is 0 Å². The van der Waals surface area contributed by atoms with Crippen LogP contribution in [0.25, 0.3) is 0 Å². The topological polar surface area (TPSA) is 95.2 Å². The Morgan fingerprint density at radius 3 is 1.48 bits per heavy atom. The summed E-state index contributed by atoms with van der Waals surface area (Å²) in [5, 5.41) is 37.2. The Hall–Kier alpha value is -2.82. The smallest absolute Gasteiger partial charge is 0.185 e. The molecule has 4 heteroatoms. The molecule has 1 aliphatic carbocycles. The zero-order chi connectivity index (χ0) is 15.9. The molecule has 0 N–H and O–H groups in total. The lowest BCUT2D eigenvalue weighted by Gasteiger charge is -2.19. The van der Waals surface area contributed by atoms with Crippen molar-refractivity contribution >= 4 is 0 Å². The minimum absolute atomic E-state index is 0.00876. The van der Waals surface area contributed by atoms with E-state index in [0.717, 1.165) is 5.56 Å². The van der Waals surface area contributed by atoms with E-state index in [1.807, 2.05) is 48.5 Å². The van der Waals surface area contributed by atoms with Crippen LogP contribution in [0.3, 0.4) is 0 Å². The lowest BCUT2D eigenvalue weighted by molar-refractivity contribution is 0.590. The summed E-state index contributed by atoms with van der Waals surface area (Å²) in [7, 11) is 0. The molecule has 0 saturated heterocycles. The first-order valence-electron chi connectivity index (χ1n) is 6.58. The molecule has 0 amide bonds. The average molecular weight is 274 g/mol. The predicted octanol–water partition coefficient (Wildman–Crippen LogP) is 3.15. The number of nitrogens with zero attached hydrogens (tertiary/aromatic N) is 4. The largest absolute Gasteiger partial charge is 0.196 e. The number of benzene rings is 1. The molecule has 1 saturated carbocycles. The van der Waals surface area contributed by atoms with Gasteiger partial charge in [-0.25, -0.2) is 0 Å². The summed E-state index contributed by atoms with van der Waals surface area (Å²) in [5.41, 5.74) is -1.34. The van der Waals surface area contributed by atoms with E-state index >= 15 is 0 Å². The van der Waals surface area contributed by atoms with E-state index in [9.17, 15) is 21.0 Å². The molecule has 21 heavy (non-hydrogen) atoms. The molecule has 0 spiro atoms. The third-order valence-electron chi connectivity index (χ3n) is 4.22. The third kappa shape index (κ3) is 1.71. The zero-order valence-corrected chi connectivity index (χ0v) is 12.2. The van der Waals surface area contributed by atoms with E-state index < -0.39 is 16.7 Å². The second-order valence-corrected chi connectivity index (χ2v) is 6.37. The first-order valence-corrected chi connectivity index (χ1v) is 6.58. The van der Waals surface area contributed by atoms with E-state index in [1.54, 1.807) is 0 Å². The molecule has 1 fully saturated rings. The van der Waals surface area contributed by atoms with E-state index in [-0.39, 0.29) is 5.41 Å². The lowest BCUT2D eigenvalue weighted by Crippen LogP contribution is -2.10. The number of nitriles is 4. The SMILES string of the molecule is CC(C)(C)c1ccc(C2C(C#N)(C#N)C2(C#N)C#N)cc1. The molecular formula is C17H14N4. The van der Waals surface area contributed by atoms with Gasteiger partial charge in [-0.15, -0.1) is 0 Å². The van der Waals surface area contributed by atoms with Crippen LogP contribution in [0.4, 0.5) is 0 Å². The summed E-state index contributed by atoms with van der Waals surface area (Å²) in [4.78, 5) is 0. The van der Waals surface area contributed by atoms with Crippen LogP contribution < -0.4 is 0 Å². The van der Waals surface area contributed by atoms with Gasteiger partial charge in [-0.1, -0.05) is 45.0 Å². The third-order valence-corrected chi connectivity index (χ3v) is 4.22. The van der Waals surface area contributed by atoms with Crippen molar-refractivity contribution in [2.24, 2.45) is 10.8 Å². The van der Waals surface area contributed by atoms with Gasteiger partial charge in [0, 0.05) is 0 Å². The van der Waals surface area contributed by atoms with Gasteiger partial charge in [-0.3, -0.25) is 0 Å². The monoisotopic (exact) mass is 274 g/mol. The van der Waals surface area contributed by atoms with Gasteiger partial charge >= 0.3 is 0 Å². The Bertz CT molecular complexity index is 673. The Morgan fingerprint density at radius 2 is 1.19 bits per heavy atom. The first kappa shape index (κ1) is 14.6. The zero-order valence-electron chi connectivity index (χ0n) is 12.2. The maximum Gasteiger partial charge on any atom is 0.185 e. The molecule has 1 aromatic carbocycles. The van der Waals surface area contributed by atoms with Crippen molar-refractivity contribution in [3.05, 3.63) is 35.4 Å². The van der Waals surface area contributed by atoms with E-state index in [1.165, 1.54) is 0 Å². The maximum atomic E-state index is 9.30. The normalized spacial score (nSPS) is 18.6. The van der Waals surface area contributed by atoms with Crippen LogP contribution >= 0.6 is 0 Å². The van der Waals surface area contributed by atoms with Gasteiger partial charge in [0.25, 0.3) is 0 Å². The molecule has 0 bridgehead atoms. The van der Waals surface area contributed by atoms with Gasteiger partial charge in [0.1, 0.15) is 0 Å². The number of hydrogen-bond donors (Lipinski definition) is 0. The van der Waals surface area contributed by atoms with E-state index in [4.69, 9.17) is 0 Å². The minimum Gasteiger partial charge on any atom is -0.196 e. The Labute approximate surface area is 124 Å². The van der Waals surface area contributed by atoms with E-state index in [0.29, 0.717) is 5.56 Å². The average Bonchev–Trinajstić information content (AvgIpc) is 3.09. The first-order chi connectivity index (χ1) is 9.82. The van der Waals surface area contributed by atoms with Gasteiger partial charge in [-0.05, 0) is 16.5 Å². The Balaban J connectivity index is 2.50. The van der Waals surface area contributed by atoms with Crippen molar-refractivity contribution in [3.63, 3.8) is 0 Å². The summed E-state index contributed by atoms with van der Waals surface area (Å²) in [5.74, 6) is -0.677. The molecule has 102 valence electrons. The van der Waals surface area contributed by atoms with Crippen molar-refractivity contribution in [3.8, 4) is 24.3 Å². The van der Waals surface area contributed by atoms with Crippen LogP contribution in [-0.2, 0) is 5.41 Å². The predicted molar refractivity (Wildman–Crippen MR) is 75.2 cm³/mol. The number of hydrogen-bond acceptors (Lipinski definition) is 4. The highest BCUT2D eigenvalue weighted by Gasteiger charge is 2.81. The fraction of sp³-hybridized carbons (Fsp3) is 0.412. The fourth-order valence-electron chi connectivity index (χ4n) is 2.81. The van der Waals surface area contributed by atoms with Crippen molar-refractivity contribution < 1.29 is 0 Å². The van der Waals surface area contributed by atoms with Crippen LogP contribution in [-0.4, -0.2) is 0 Å². The Morgan fingerprint density at radius 1 is 0.810 bits per heavy atom.